The Morgan fingerprint density at radius 2 is 2.31 bits per heavy atom. The molecule has 1 aliphatic carbocycles. The number of rotatable bonds is 7. The third kappa shape index (κ3) is 2.80. The average Bonchev–Trinajstić information content (AvgIpc) is 3.01. The quantitative estimate of drug-likeness (QED) is 0.736. The van der Waals surface area contributed by atoms with Crippen LogP contribution in [0.3, 0.4) is 0 Å². The Morgan fingerprint density at radius 1 is 1.50 bits per heavy atom. The molecule has 5 heteroatoms. The molecule has 1 N–H and O–H groups in total. The third-order valence-electron chi connectivity index (χ3n) is 2.93. The van der Waals surface area contributed by atoms with Gasteiger partial charge in [0.05, 0.1) is 18.0 Å². The molecule has 0 spiro atoms. The van der Waals surface area contributed by atoms with Crippen molar-refractivity contribution >= 4 is 0 Å². The topological polar surface area (TPSA) is 52.0 Å². The van der Waals surface area contributed by atoms with Gasteiger partial charge in [0.1, 0.15) is 0 Å². The van der Waals surface area contributed by atoms with E-state index < -0.39 is 0 Å². The number of nitrogens with one attached hydrogen (secondary N) is 1. The Balaban J connectivity index is 2.07. The van der Waals surface area contributed by atoms with E-state index in [2.05, 4.69) is 20.3 Å². The molecule has 0 radical (unpaired) electrons. The number of methoxy groups -OCH3 is 1. The highest BCUT2D eigenvalue weighted by Gasteiger charge is 2.24. The monoisotopic (exact) mass is 224 g/mol. The smallest absolute Gasteiger partial charge is 0.0997 e. The molecule has 0 bridgehead atoms. The van der Waals surface area contributed by atoms with Crippen molar-refractivity contribution in [3.05, 3.63) is 11.4 Å². The maximum Gasteiger partial charge on any atom is 0.0997 e. The molecule has 0 saturated heterocycles. The van der Waals surface area contributed by atoms with Gasteiger partial charge in [-0.05, 0) is 25.8 Å². The van der Waals surface area contributed by atoms with Crippen LogP contribution in [0.15, 0.2) is 0 Å². The Hall–Kier alpha value is -0.940. The molecule has 0 atom stereocenters. The second-order valence-electron chi connectivity index (χ2n) is 4.38. The van der Waals surface area contributed by atoms with Crippen LogP contribution in [0.4, 0.5) is 0 Å². The van der Waals surface area contributed by atoms with Gasteiger partial charge in [0.2, 0.25) is 0 Å². The highest BCUT2D eigenvalue weighted by Crippen LogP contribution is 2.30. The first kappa shape index (κ1) is 11.5. The van der Waals surface area contributed by atoms with Crippen LogP contribution in [-0.4, -0.2) is 35.8 Å². The van der Waals surface area contributed by atoms with E-state index in [0.717, 1.165) is 37.7 Å². The normalized spacial score (nSPS) is 15.6. The minimum atomic E-state index is 0.731. The number of nitrogens with zero attached hydrogens (tertiary/aromatic N) is 3. The van der Waals surface area contributed by atoms with Crippen LogP contribution < -0.4 is 5.32 Å². The second-order valence-corrected chi connectivity index (χ2v) is 4.38. The lowest BCUT2D eigenvalue weighted by Gasteiger charge is -2.06. The van der Waals surface area contributed by atoms with Crippen LogP contribution in [-0.2, 0) is 24.2 Å². The molecule has 1 aliphatic rings. The van der Waals surface area contributed by atoms with Crippen molar-refractivity contribution in [3.8, 4) is 0 Å². The van der Waals surface area contributed by atoms with Crippen molar-refractivity contribution in [3.63, 3.8) is 0 Å². The lowest BCUT2D eigenvalue weighted by Crippen LogP contribution is -2.13. The van der Waals surface area contributed by atoms with Gasteiger partial charge in [-0.1, -0.05) is 5.21 Å². The number of ether oxygens (including phenoxy) is 1. The summed E-state index contributed by atoms with van der Waals surface area (Å²) >= 11 is 0. The summed E-state index contributed by atoms with van der Waals surface area (Å²) in [5.41, 5.74) is 2.28. The van der Waals surface area contributed by atoms with Crippen LogP contribution >= 0.6 is 0 Å². The first-order valence-corrected chi connectivity index (χ1v) is 5.90. The van der Waals surface area contributed by atoms with Crippen LogP contribution in [0.5, 0.6) is 0 Å². The lowest BCUT2D eigenvalue weighted by molar-refractivity contribution is 0.199. The van der Waals surface area contributed by atoms with Crippen LogP contribution in [0.2, 0.25) is 0 Å². The van der Waals surface area contributed by atoms with Gasteiger partial charge in [0, 0.05) is 26.6 Å². The third-order valence-corrected chi connectivity index (χ3v) is 2.93. The van der Waals surface area contributed by atoms with Crippen molar-refractivity contribution in [2.45, 2.75) is 32.4 Å². The van der Waals surface area contributed by atoms with Gasteiger partial charge in [-0.25, -0.2) is 4.68 Å². The first-order valence-electron chi connectivity index (χ1n) is 5.90. The minimum Gasteiger partial charge on any atom is -0.384 e. The lowest BCUT2D eigenvalue weighted by atomic mass is 10.2. The predicted molar refractivity (Wildman–Crippen MR) is 61.1 cm³/mol. The van der Waals surface area contributed by atoms with Crippen molar-refractivity contribution in [1.29, 1.82) is 0 Å². The van der Waals surface area contributed by atoms with Gasteiger partial charge in [-0.3, -0.25) is 0 Å². The minimum absolute atomic E-state index is 0.731. The fourth-order valence-electron chi connectivity index (χ4n) is 1.84. The molecule has 1 fully saturated rings. The van der Waals surface area contributed by atoms with E-state index in [9.17, 15) is 0 Å². The number of hydrogen-bond acceptors (Lipinski definition) is 4. The summed E-state index contributed by atoms with van der Waals surface area (Å²) in [6.45, 7) is 2.54. The summed E-state index contributed by atoms with van der Waals surface area (Å²) in [7, 11) is 3.66. The highest BCUT2D eigenvalue weighted by molar-refractivity contribution is 5.10. The van der Waals surface area contributed by atoms with Crippen LogP contribution in [0.25, 0.3) is 0 Å². The molecule has 0 aromatic carbocycles. The largest absolute Gasteiger partial charge is 0.384 e. The van der Waals surface area contributed by atoms with E-state index >= 15 is 0 Å². The summed E-state index contributed by atoms with van der Waals surface area (Å²) in [5, 5.41) is 11.6. The van der Waals surface area contributed by atoms with E-state index in [0.29, 0.717) is 0 Å². The summed E-state index contributed by atoms with van der Waals surface area (Å²) in [6, 6.07) is 0. The van der Waals surface area contributed by atoms with E-state index in [1.165, 1.54) is 18.5 Å². The van der Waals surface area contributed by atoms with Gasteiger partial charge in [-0.15, -0.1) is 5.10 Å². The van der Waals surface area contributed by atoms with Gasteiger partial charge in [-0.2, -0.15) is 0 Å². The molecular weight excluding hydrogens is 204 g/mol. The van der Waals surface area contributed by atoms with Gasteiger partial charge in [0.15, 0.2) is 0 Å². The van der Waals surface area contributed by atoms with Gasteiger partial charge in [0.25, 0.3) is 0 Å². The molecule has 1 aromatic heterocycles. The molecule has 90 valence electrons. The molecule has 1 aromatic rings. The van der Waals surface area contributed by atoms with Crippen LogP contribution in [0, 0.1) is 5.92 Å². The van der Waals surface area contributed by atoms with Crippen molar-refractivity contribution in [1.82, 2.24) is 20.3 Å². The molecule has 16 heavy (non-hydrogen) atoms. The molecule has 0 amide bonds. The fraction of sp³-hybridized carbons (Fsp3) is 0.818. The van der Waals surface area contributed by atoms with E-state index in [1.54, 1.807) is 7.11 Å². The maximum absolute atomic E-state index is 5.13. The Kier molecular flexibility index (Phi) is 3.90. The van der Waals surface area contributed by atoms with Gasteiger partial charge >= 0.3 is 0 Å². The Labute approximate surface area is 96.2 Å². The fourth-order valence-corrected chi connectivity index (χ4v) is 1.84. The zero-order chi connectivity index (χ0) is 11.4. The first-order chi connectivity index (χ1) is 7.85. The second kappa shape index (κ2) is 5.41. The standard InChI is InChI=1S/C11H20N4O/c1-12-7-10-11(5-6-16-2)15(14-13-10)8-9-3-4-9/h9,12H,3-8H2,1-2H3. The number of hydrogen-bond donors (Lipinski definition) is 1. The zero-order valence-electron chi connectivity index (χ0n) is 10.1. The summed E-state index contributed by atoms with van der Waals surface area (Å²) in [5.74, 6) is 0.824. The molecule has 2 rings (SSSR count). The molecule has 1 saturated carbocycles. The predicted octanol–water partition coefficient (Wildman–Crippen LogP) is 0.596. The molecule has 0 unspecified atom stereocenters. The van der Waals surface area contributed by atoms with E-state index in [4.69, 9.17) is 4.74 Å². The number of aromatic nitrogens is 3. The molecule has 5 nitrogen and oxygen atoms in total. The maximum atomic E-state index is 5.13. The average molecular weight is 224 g/mol. The summed E-state index contributed by atoms with van der Waals surface area (Å²) in [6.07, 6.45) is 3.57. The van der Waals surface area contributed by atoms with E-state index in [1.807, 2.05) is 7.05 Å². The van der Waals surface area contributed by atoms with Crippen molar-refractivity contribution in [2.24, 2.45) is 5.92 Å². The van der Waals surface area contributed by atoms with Crippen molar-refractivity contribution in [2.75, 3.05) is 20.8 Å². The summed E-state index contributed by atoms with van der Waals surface area (Å²) < 4.78 is 7.19. The van der Waals surface area contributed by atoms with Crippen molar-refractivity contribution < 1.29 is 4.74 Å². The van der Waals surface area contributed by atoms with Gasteiger partial charge < -0.3 is 10.1 Å². The summed E-state index contributed by atoms with van der Waals surface area (Å²) in [4.78, 5) is 0. The molecule has 0 aliphatic heterocycles. The van der Waals surface area contributed by atoms with E-state index in [-0.39, 0.29) is 0 Å². The molecular formula is C11H20N4O. The Bertz CT molecular complexity index is 333. The SMILES string of the molecule is CNCc1nnn(CC2CC2)c1CCOC. The van der Waals surface area contributed by atoms with Crippen LogP contribution in [0.1, 0.15) is 24.2 Å². The Morgan fingerprint density at radius 3 is 2.94 bits per heavy atom. The highest BCUT2D eigenvalue weighted by atomic mass is 16.5. The zero-order valence-corrected chi connectivity index (χ0v) is 10.1. The molecule has 1 heterocycles.